The van der Waals surface area contributed by atoms with Gasteiger partial charge in [-0.1, -0.05) is 70.1 Å². The number of carbonyl (C=O) groups excluding carboxylic acids is 5. The largest absolute Gasteiger partial charge is 0.495 e. The number of oxime groups is 1. The molecule has 2 heterocycles. The minimum Gasteiger partial charge on any atom is -0.495 e. The van der Waals surface area contributed by atoms with Crippen LogP contribution in [0.3, 0.4) is 0 Å². The zero-order chi connectivity index (χ0) is 37.6. The lowest BCUT2D eigenvalue weighted by Gasteiger charge is -2.36. The summed E-state index contributed by atoms with van der Waals surface area (Å²) in [5, 5.41) is 14.2. The van der Waals surface area contributed by atoms with Crippen molar-refractivity contribution in [3.05, 3.63) is 28.3 Å². The third-order valence-corrected chi connectivity index (χ3v) is 11.9. The first-order chi connectivity index (χ1) is 24.6. The molecule has 0 radical (unpaired) electrons. The second-order valence-corrected chi connectivity index (χ2v) is 17.2. The van der Waals surface area contributed by atoms with Crippen LogP contribution in [-0.2, 0) is 28.8 Å². The molecular formula is C39H54ClN5O7. The molecule has 0 bridgehead atoms. The van der Waals surface area contributed by atoms with Crippen molar-refractivity contribution in [1.82, 2.24) is 20.9 Å². The summed E-state index contributed by atoms with van der Waals surface area (Å²) in [4.78, 5) is 76.0. The number of benzene rings is 1. The van der Waals surface area contributed by atoms with Crippen LogP contribution < -0.4 is 20.7 Å². The Morgan fingerprint density at radius 3 is 2.31 bits per heavy atom. The summed E-state index contributed by atoms with van der Waals surface area (Å²) >= 11 is 6.49. The van der Waals surface area contributed by atoms with Crippen molar-refractivity contribution >= 4 is 46.6 Å². The maximum absolute atomic E-state index is 14.8. The van der Waals surface area contributed by atoms with Crippen LogP contribution in [0.4, 0.5) is 0 Å². The van der Waals surface area contributed by atoms with Crippen molar-refractivity contribution in [2.24, 2.45) is 16.5 Å². The Balaban J connectivity index is 1.27. The van der Waals surface area contributed by atoms with E-state index in [2.05, 4.69) is 21.1 Å². The molecule has 0 aromatic heterocycles. The van der Waals surface area contributed by atoms with Gasteiger partial charge in [0.15, 0.2) is 11.1 Å². The Morgan fingerprint density at radius 2 is 1.73 bits per heavy atom. The number of ether oxygens (including phenoxy) is 1. The third kappa shape index (κ3) is 7.60. The molecule has 12 nitrogen and oxygen atoms in total. The summed E-state index contributed by atoms with van der Waals surface area (Å²) in [7, 11) is 1.55. The van der Waals surface area contributed by atoms with Gasteiger partial charge in [-0.05, 0) is 68.1 Å². The fourth-order valence-electron chi connectivity index (χ4n) is 8.39. The van der Waals surface area contributed by atoms with Gasteiger partial charge in [0.05, 0.1) is 30.4 Å². The molecule has 1 aromatic rings. The van der Waals surface area contributed by atoms with Crippen molar-refractivity contribution in [3.63, 3.8) is 0 Å². The molecule has 3 aliphatic carbocycles. The Morgan fingerprint density at radius 1 is 1.06 bits per heavy atom. The molecule has 284 valence electrons. The van der Waals surface area contributed by atoms with E-state index in [1.165, 1.54) is 17.7 Å². The third-order valence-electron chi connectivity index (χ3n) is 11.6. The number of rotatable bonds is 12. The van der Waals surface area contributed by atoms with Crippen LogP contribution in [0.1, 0.15) is 116 Å². The average Bonchev–Trinajstić information content (AvgIpc) is 3.94. The van der Waals surface area contributed by atoms with E-state index in [-0.39, 0.29) is 30.8 Å². The van der Waals surface area contributed by atoms with E-state index in [0.29, 0.717) is 35.7 Å². The highest BCUT2D eigenvalue weighted by Gasteiger charge is 2.71. The van der Waals surface area contributed by atoms with Crippen molar-refractivity contribution in [2.45, 2.75) is 147 Å². The van der Waals surface area contributed by atoms with Crippen LogP contribution in [0.5, 0.6) is 5.75 Å². The standard InChI is InChI=1S/C39H54ClN5O7/c1-7-30(39(33(47)34(39)48)43-24-14-15-24)41-35(49)28-20-38(19-27(44-52-38)25-18-26(40)29(51-6)16-22(25)2)21-45(28)36(50)32(37(3,4)5)42-31(46)17-23-12-10-8-9-11-13-23/h16,18,23-24,28,30,32,43H,7-15,17,19-21H2,1-6H3,(H,41,49)(H,42,46)/t28-,30-,32+,38?/m0/s1. The lowest BCUT2D eigenvalue weighted by molar-refractivity contribution is -0.144. The molecule has 6 rings (SSSR count). The highest BCUT2D eigenvalue weighted by atomic mass is 35.5. The summed E-state index contributed by atoms with van der Waals surface area (Å²) in [6.45, 7) is 9.49. The zero-order valence-corrected chi connectivity index (χ0v) is 32.1. The lowest BCUT2D eigenvalue weighted by Crippen LogP contribution is -2.60. The smallest absolute Gasteiger partial charge is 0.246 e. The average molecular weight is 740 g/mol. The SMILES string of the molecule is CC[C@H](NC(=O)[C@@H]1CC2(CC(c3cc(Cl)c(OC)cc3C)=NO2)CN1C(=O)[C@@H](NC(=O)CC1CCCCCC1)C(C)(C)C)C1(NC2CC2)C(=O)C1=O. The summed E-state index contributed by atoms with van der Waals surface area (Å²) in [5.74, 6) is -1.30. The van der Waals surface area contributed by atoms with Crippen LogP contribution in [0.15, 0.2) is 17.3 Å². The van der Waals surface area contributed by atoms with Crippen LogP contribution >= 0.6 is 11.6 Å². The van der Waals surface area contributed by atoms with E-state index >= 15 is 0 Å². The molecule has 3 amide bonds. The van der Waals surface area contributed by atoms with E-state index in [1.807, 2.05) is 40.7 Å². The Bertz CT molecular complexity index is 1630. The number of hydrogen-bond acceptors (Lipinski definition) is 9. The molecule has 3 N–H and O–H groups in total. The van der Waals surface area contributed by atoms with E-state index in [4.69, 9.17) is 21.2 Å². The van der Waals surface area contributed by atoms with Crippen LogP contribution in [0.25, 0.3) is 0 Å². The highest BCUT2D eigenvalue weighted by molar-refractivity contribution is 6.67. The maximum atomic E-state index is 14.8. The number of nitrogens with one attached hydrogen (secondary N) is 3. The van der Waals surface area contributed by atoms with E-state index in [9.17, 15) is 24.0 Å². The lowest BCUT2D eigenvalue weighted by atomic mass is 9.85. The van der Waals surface area contributed by atoms with Crippen LogP contribution in [-0.4, -0.2) is 88.9 Å². The monoisotopic (exact) mass is 739 g/mol. The van der Waals surface area contributed by atoms with Gasteiger partial charge in [0.2, 0.25) is 29.3 Å². The Hall–Kier alpha value is -3.51. The Kier molecular flexibility index (Phi) is 10.8. The molecule has 4 atom stereocenters. The quantitative estimate of drug-likeness (QED) is 0.160. The minimum atomic E-state index is -1.44. The van der Waals surface area contributed by atoms with E-state index < -0.39 is 58.1 Å². The Labute approximate surface area is 311 Å². The first-order valence-corrected chi connectivity index (χ1v) is 19.4. The molecule has 1 aromatic carbocycles. The predicted molar refractivity (Wildman–Crippen MR) is 196 cm³/mol. The molecular weight excluding hydrogens is 686 g/mol. The molecule has 52 heavy (non-hydrogen) atoms. The molecule has 5 aliphatic rings. The van der Waals surface area contributed by atoms with Gasteiger partial charge in [0.1, 0.15) is 17.8 Å². The fourth-order valence-corrected chi connectivity index (χ4v) is 8.63. The number of carbonyl (C=O) groups is 5. The van der Waals surface area contributed by atoms with Gasteiger partial charge in [-0.3, -0.25) is 29.3 Å². The number of amides is 3. The number of ketones is 2. The summed E-state index contributed by atoms with van der Waals surface area (Å²) < 4.78 is 5.38. The van der Waals surface area contributed by atoms with Crippen molar-refractivity contribution in [1.29, 1.82) is 0 Å². The number of hydrogen-bond donors (Lipinski definition) is 3. The first-order valence-electron chi connectivity index (χ1n) is 19.0. The number of aryl methyl sites for hydroxylation is 1. The van der Waals surface area contributed by atoms with Gasteiger partial charge in [-0.15, -0.1) is 0 Å². The summed E-state index contributed by atoms with van der Waals surface area (Å²) in [6, 6.07) is 0.946. The van der Waals surface area contributed by atoms with Crippen molar-refractivity contribution in [3.8, 4) is 5.75 Å². The zero-order valence-electron chi connectivity index (χ0n) is 31.4. The number of likely N-dealkylation sites (tertiary alicyclic amines) is 1. The predicted octanol–water partition coefficient (Wildman–Crippen LogP) is 4.55. The first kappa shape index (κ1) is 38.2. The number of methoxy groups -OCH3 is 1. The molecule has 1 spiro atoms. The fraction of sp³-hybridized carbons (Fsp3) is 0.692. The van der Waals surface area contributed by atoms with Gasteiger partial charge in [0, 0.05) is 30.9 Å². The van der Waals surface area contributed by atoms with Crippen molar-refractivity contribution < 1.29 is 33.5 Å². The van der Waals surface area contributed by atoms with Gasteiger partial charge >= 0.3 is 0 Å². The molecule has 2 aliphatic heterocycles. The van der Waals surface area contributed by atoms with E-state index in [1.54, 1.807) is 13.2 Å². The van der Waals surface area contributed by atoms with Crippen LogP contribution in [0, 0.1) is 18.3 Å². The molecule has 4 fully saturated rings. The van der Waals surface area contributed by atoms with Gasteiger partial charge < -0.3 is 25.1 Å². The number of halogens is 1. The summed E-state index contributed by atoms with van der Waals surface area (Å²) in [6.07, 6.45) is 9.39. The topological polar surface area (TPSA) is 156 Å². The second kappa shape index (κ2) is 14.7. The second-order valence-electron chi connectivity index (χ2n) is 16.8. The molecule has 1 saturated heterocycles. The number of nitrogens with zero attached hydrogens (tertiary/aromatic N) is 2. The molecule has 3 saturated carbocycles. The molecule has 1 unspecified atom stereocenters. The molecule has 13 heteroatoms. The highest BCUT2D eigenvalue weighted by Crippen LogP contribution is 2.42. The normalized spacial score (nSPS) is 25.6. The van der Waals surface area contributed by atoms with E-state index in [0.717, 1.165) is 49.7 Å². The number of Topliss-reactive ketones (excluding diaryl/α,β-unsaturated/α-hetero) is 2. The van der Waals surface area contributed by atoms with Gasteiger partial charge in [-0.25, -0.2) is 0 Å². The van der Waals surface area contributed by atoms with Crippen LogP contribution in [0.2, 0.25) is 5.02 Å². The summed E-state index contributed by atoms with van der Waals surface area (Å²) in [5.41, 5.74) is -0.871. The van der Waals surface area contributed by atoms with Crippen molar-refractivity contribution in [2.75, 3.05) is 13.7 Å². The maximum Gasteiger partial charge on any atom is 0.246 e. The van der Waals surface area contributed by atoms with Gasteiger partial charge in [-0.2, -0.15) is 0 Å². The minimum absolute atomic E-state index is 0.0467. The van der Waals surface area contributed by atoms with Gasteiger partial charge in [0.25, 0.3) is 0 Å².